The van der Waals surface area contributed by atoms with Crippen LogP contribution >= 0.6 is 0 Å². The lowest BCUT2D eigenvalue weighted by Crippen LogP contribution is -2.52. The summed E-state index contributed by atoms with van der Waals surface area (Å²) in [4.78, 5) is 27.5. The Morgan fingerprint density at radius 3 is 2.69 bits per heavy atom. The van der Waals surface area contributed by atoms with Crippen LogP contribution in [0.4, 0.5) is 9.18 Å². The van der Waals surface area contributed by atoms with Crippen LogP contribution in [0.5, 0.6) is 0 Å². The highest BCUT2D eigenvalue weighted by atomic mass is 32.2. The Labute approximate surface area is 154 Å². The van der Waals surface area contributed by atoms with E-state index in [2.05, 4.69) is 10.3 Å². The van der Waals surface area contributed by atoms with Crippen molar-refractivity contribution in [3.05, 3.63) is 35.1 Å². The number of nitrogens with zero attached hydrogens (tertiary/aromatic N) is 2. The van der Waals surface area contributed by atoms with Gasteiger partial charge in [0, 0.05) is 18.2 Å². The molecule has 1 heterocycles. The first-order valence-corrected chi connectivity index (χ1v) is 9.20. The number of aldehydes is 1. The van der Waals surface area contributed by atoms with Crippen LogP contribution in [0.25, 0.3) is 0 Å². The van der Waals surface area contributed by atoms with Crippen molar-refractivity contribution in [2.45, 2.75) is 38.8 Å². The molecule has 0 saturated heterocycles. The number of guanidine groups is 1. The SMILES string of the molecule is CN1C(NC(=O)OC(C)(C)C)=N[C@](C)(c2cc(C=O)ccc2F)CS1=O. The van der Waals surface area contributed by atoms with E-state index < -0.39 is 34.0 Å². The monoisotopic (exact) mass is 383 g/mol. The van der Waals surface area contributed by atoms with E-state index in [4.69, 9.17) is 4.74 Å². The van der Waals surface area contributed by atoms with E-state index in [0.29, 0.717) is 6.29 Å². The second kappa shape index (κ2) is 7.14. The van der Waals surface area contributed by atoms with E-state index in [1.807, 2.05) is 0 Å². The van der Waals surface area contributed by atoms with Gasteiger partial charge in [0.1, 0.15) is 34.2 Å². The first kappa shape index (κ1) is 20.0. The lowest BCUT2D eigenvalue weighted by atomic mass is 9.92. The Hall–Kier alpha value is -2.29. The molecule has 2 rings (SSSR count). The van der Waals surface area contributed by atoms with Gasteiger partial charge >= 0.3 is 6.09 Å². The number of amides is 1. The highest BCUT2D eigenvalue weighted by molar-refractivity contribution is 7.83. The third kappa shape index (κ3) is 4.46. The predicted molar refractivity (Wildman–Crippen MR) is 96.7 cm³/mol. The molecular formula is C17H22FN3O4S. The molecule has 26 heavy (non-hydrogen) atoms. The number of aliphatic imine (C=N–C) groups is 1. The largest absolute Gasteiger partial charge is 0.444 e. The zero-order valence-corrected chi connectivity index (χ0v) is 16.1. The molecule has 1 aliphatic rings. The fourth-order valence-corrected chi connectivity index (χ4v) is 3.61. The molecule has 0 spiro atoms. The third-order valence-electron chi connectivity index (χ3n) is 3.68. The van der Waals surface area contributed by atoms with E-state index in [0.717, 1.165) is 0 Å². The summed E-state index contributed by atoms with van der Waals surface area (Å²) >= 11 is 0. The Morgan fingerprint density at radius 2 is 2.12 bits per heavy atom. The summed E-state index contributed by atoms with van der Waals surface area (Å²) in [7, 11) is -0.0600. The molecule has 1 aliphatic heterocycles. The quantitative estimate of drug-likeness (QED) is 0.794. The van der Waals surface area contributed by atoms with Gasteiger partial charge in [-0.2, -0.15) is 0 Å². The van der Waals surface area contributed by atoms with Gasteiger partial charge in [-0.1, -0.05) is 0 Å². The fourth-order valence-electron chi connectivity index (χ4n) is 2.44. The van der Waals surface area contributed by atoms with Gasteiger partial charge in [-0.25, -0.2) is 18.4 Å². The summed E-state index contributed by atoms with van der Waals surface area (Å²) in [6.45, 7) is 6.73. The topological polar surface area (TPSA) is 88.1 Å². The van der Waals surface area contributed by atoms with Gasteiger partial charge in [-0.05, 0) is 45.9 Å². The van der Waals surface area contributed by atoms with Crippen molar-refractivity contribution in [1.29, 1.82) is 0 Å². The molecule has 1 N–H and O–H groups in total. The number of benzene rings is 1. The third-order valence-corrected chi connectivity index (χ3v) is 5.27. The first-order chi connectivity index (χ1) is 11.9. The molecule has 0 radical (unpaired) electrons. The summed E-state index contributed by atoms with van der Waals surface area (Å²) < 4.78 is 33.3. The van der Waals surface area contributed by atoms with Crippen LogP contribution < -0.4 is 5.32 Å². The molecule has 0 saturated carbocycles. The summed E-state index contributed by atoms with van der Waals surface area (Å²) in [6, 6.07) is 3.90. The number of hydrogen-bond donors (Lipinski definition) is 1. The van der Waals surface area contributed by atoms with Crippen molar-refractivity contribution in [2.24, 2.45) is 4.99 Å². The maximum atomic E-state index is 14.4. The number of carbonyl (C=O) groups is 2. The average Bonchev–Trinajstić information content (AvgIpc) is 2.50. The van der Waals surface area contributed by atoms with E-state index in [9.17, 15) is 18.2 Å². The molecule has 0 aliphatic carbocycles. The molecule has 0 aromatic heterocycles. The van der Waals surface area contributed by atoms with Gasteiger partial charge in [0.15, 0.2) is 0 Å². The molecule has 2 atom stereocenters. The van der Waals surface area contributed by atoms with Crippen LogP contribution in [0.2, 0.25) is 0 Å². The highest BCUT2D eigenvalue weighted by Crippen LogP contribution is 2.32. The minimum absolute atomic E-state index is 0.00207. The molecular weight excluding hydrogens is 361 g/mol. The number of carbonyl (C=O) groups excluding carboxylic acids is 2. The van der Waals surface area contributed by atoms with Gasteiger partial charge in [0.05, 0.1) is 5.75 Å². The molecule has 1 unspecified atom stereocenters. The zero-order valence-electron chi connectivity index (χ0n) is 15.3. The predicted octanol–water partition coefficient (Wildman–Crippen LogP) is 2.34. The smallest absolute Gasteiger partial charge is 0.414 e. The Kier molecular flexibility index (Phi) is 5.50. The number of nitrogens with one attached hydrogen (secondary N) is 1. The molecule has 1 aromatic rings. The van der Waals surface area contributed by atoms with Crippen LogP contribution in [-0.2, 0) is 21.3 Å². The maximum absolute atomic E-state index is 14.4. The van der Waals surface area contributed by atoms with Gasteiger partial charge < -0.3 is 4.74 Å². The van der Waals surface area contributed by atoms with Crippen LogP contribution in [-0.4, -0.2) is 45.3 Å². The standard InChI is InChI=1S/C17H22FN3O4S/c1-16(2,3)25-15(23)19-14-20-17(4,10-26(24)21(14)5)12-8-11(9-22)6-7-13(12)18/h6-9H,10H2,1-5H3,(H,19,20,23)/t17-,26?/m0/s1. The van der Waals surface area contributed by atoms with Crippen LogP contribution in [0.15, 0.2) is 23.2 Å². The normalized spacial score (nSPS) is 23.2. The van der Waals surface area contributed by atoms with Crippen molar-refractivity contribution in [2.75, 3.05) is 12.8 Å². The molecule has 142 valence electrons. The second-order valence-electron chi connectivity index (χ2n) is 7.16. The molecule has 0 fully saturated rings. The minimum atomic E-state index is -1.56. The van der Waals surface area contributed by atoms with E-state index in [1.165, 1.54) is 29.6 Å². The number of halogens is 1. The second-order valence-corrected chi connectivity index (χ2v) is 8.64. The van der Waals surface area contributed by atoms with Crippen molar-refractivity contribution in [3.63, 3.8) is 0 Å². The van der Waals surface area contributed by atoms with E-state index >= 15 is 0 Å². The van der Waals surface area contributed by atoms with Gasteiger partial charge in [0.25, 0.3) is 0 Å². The van der Waals surface area contributed by atoms with Crippen LogP contribution in [0.3, 0.4) is 0 Å². The van der Waals surface area contributed by atoms with Crippen molar-refractivity contribution in [1.82, 2.24) is 9.62 Å². The van der Waals surface area contributed by atoms with E-state index in [-0.39, 0.29) is 22.8 Å². The van der Waals surface area contributed by atoms with Gasteiger partial charge in [-0.3, -0.25) is 14.4 Å². The lowest BCUT2D eigenvalue weighted by molar-refractivity contribution is 0.0559. The Bertz CT molecular complexity index is 791. The van der Waals surface area contributed by atoms with Gasteiger partial charge in [-0.15, -0.1) is 0 Å². The number of ether oxygens (including phenoxy) is 1. The van der Waals surface area contributed by atoms with Crippen molar-refractivity contribution in [3.8, 4) is 0 Å². The summed E-state index contributed by atoms with van der Waals surface area (Å²) in [5.41, 5.74) is -1.52. The average molecular weight is 383 g/mol. The fraction of sp³-hybridized carbons (Fsp3) is 0.471. The maximum Gasteiger partial charge on any atom is 0.414 e. The Morgan fingerprint density at radius 1 is 1.46 bits per heavy atom. The summed E-state index contributed by atoms with van der Waals surface area (Å²) in [5, 5.41) is 2.46. The van der Waals surface area contributed by atoms with E-state index in [1.54, 1.807) is 27.7 Å². The van der Waals surface area contributed by atoms with Crippen molar-refractivity contribution >= 4 is 29.3 Å². The highest BCUT2D eigenvalue weighted by Gasteiger charge is 2.39. The van der Waals surface area contributed by atoms with Crippen LogP contribution in [0.1, 0.15) is 43.6 Å². The lowest BCUT2D eigenvalue weighted by Gasteiger charge is -2.35. The first-order valence-electron chi connectivity index (χ1n) is 7.92. The number of alkyl carbamates (subject to hydrolysis) is 1. The van der Waals surface area contributed by atoms with Crippen molar-refractivity contribution < 1.29 is 22.9 Å². The van der Waals surface area contributed by atoms with Crippen LogP contribution in [0, 0.1) is 5.82 Å². The molecule has 1 aromatic carbocycles. The number of hydrogen-bond acceptors (Lipinski definition) is 5. The number of rotatable bonds is 2. The molecule has 1 amide bonds. The summed E-state index contributed by atoms with van der Waals surface area (Å²) in [6.07, 6.45) is -0.159. The molecule has 7 nitrogen and oxygen atoms in total. The van der Waals surface area contributed by atoms with Gasteiger partial charge in [0.2, 0.25) is 5.96 Å². The Balaban J connectivity index is 2.43. The summed E-state index contributed by atoms with van der Waals surface area (Å²) in [5.74, 6) is -0.565. The molecule has 9 heteroatoms. The molecule has 0 bridgehead atoms. The minimum Gasteiger partial charge on any atom is -0.444 e. The zero-order chi connectivity index (χ0) is 19.7.